The van der Waals surface area contributed by atoms with E-state index in [0.717, 1.165) is 22.3 Å². The Hall–Kier alpha value is -3.16. The van der Waals surface area contributed by atoms with Gasteiger partial charge in [-0.05, 0) is 22.3 Å². The Morgan fingerprint density at radius 2 is 0.929 bits per heavy atom. The molecular formula is C35H34Cl2O5. The van der Waals surface area contributed by atoms with Gasteiger partial charge in [0.05, 0.1) is 33.0 Å². The number of benzene rings is 4. The molecule has 0 N–H and O–H groups in total. The maximum absolute atomic E-state index is 6.61. The minimum Gasteiger partial charge on any atom is -0.484 e. The van der Waals surface area contributed by atoms with Gasteiger partial charge in [-0.15, -0.1) is 0 Å². The number of hydrogen-bond acceptors (Lipinski definition) is 5. The summed E-state index contributed by atoms with van der Waals surface area (Å²) in [4.78, 5) is 0. The van der Waals surface area contributed by atoms with Crippen LogP contribution in [0.25, 0.3) is 0 Å². The van der Waals surface area contributed by atoms with E-state index in [-0.39, 0.29) is 11.1 Å². The fraction of sp³-hybridized carbons (Fsp3) is 0.257. The van der Waals surface area contributed by atoms with Crippen molar-refractivity contribution in [1.29, 1.82) is 0 Å². The topological polar surface area (TPSA) is 46.2 Å². The van der Waals surface area contributed by atoms with Crippen LogP contribution in [0.1, 0.15) is 22.3 Å². The van der Waals surface area contributed by atoms with Gasteiger partial charge in [0.2, 0.25) is 0 Å². The molecule has 1 fully saturated rings. The van der Waals surface area contributed by atoms with Gasteiger partial charge in [0.15, 0.2) is 11.9 Å². The Kier molecular flexibility index (Phi) is 11.5. The molecule has 4 atom stereocenters. The molecule has 1 saturated heterocycles. The second-order valence-electron chi connectivity index (χ2n) is 10.0. The molecule has 0 unspecified atom stereocenters. The van der Waals surface area contributed by atoms with Crippen LogP contribution in [0.5, 0.6) is 0 Å². The summed E-state index contributed by atoms with van der Waals surface area (Å²) in [7, 11) is 0. The van der Waals surface area contributed by atoms with Gasteiger partial charge in [0, 0.05) is 0 Å². The lowest BCUT2D eigenvalue weighted by atomic mass is 9.97. The first-order valence-corrected chi connectivity index (χ1v) is 14.7. The molecule has 5 rings (SSSR count). The molecule has 0 amide bonds. The van der Waals surface area contributed by atoms with E-state index in [9.17, 15) is 0 Å². The molecule has 1 aliphatic rings. The van der Waals surface area contributed by atoms with Crippen LogP contribution in [-0.4, -0.2) is 31.0 Å². The fourth-order valence-corrected chi connectivity index (χ4v) is 5.13. The van der Waals surface area contributed by atoms with E-state index in [2.05, 4.69) is 0 Å². The zero-order chi connectivity index (χ0) is 29.0. The molecule has 4 aromatic carbocycles. The first-order chi connectivity index (χ1) is 20.7. The number of rotatable bonds is 13. The zero-order valence-corrected chi connectivity index (χ0v) is 24.7. The predicted octanol–water partition coefficient (Wildman–Crippen LogP) is 8.00. The lowest BCUT2D eigenvalue weighted by Crippen LogP contribution is -2.56. The SMILES string of the molecule is ClC(Cl)=C1O[C@H](COCc2ccccc2)[C@@H](OCc2ccccc2)[C@H](OCc2ccccc2)[C@H]1OCc1ccccc1. The van der Waals surface area contributed by atoms with Crippen LogP contribution in [0.3, 0.4) is 0 Å². The van der Waals surface area contributed by atoms with E-state index in [0.29, 0.717) is 32.2 Å². The molecule has 0 bridgehead atoms. The van der Waals surface area contributed by atoms with Crippen molar-refractivity contribution < 1.29 is 23.7 Å². The van der Waals surface area contributed by atoms with Gasteiger partial charge >= 0.3 is 0 Å². The molecular weight excluding hydrogens is 571 g/mol. The van der Waals surface area contributed by atoms with E-state index >= 15 is 0 Å². The maximum Gasteiger partial charge on any atom is 0.158 e. The number of ether oxygens (including phenoxy) is 5. The smallest absolute Gasteiger partial charge is 0.158 e. The monoisotopic (exact) mass is 604 g/mol. The van der Waals surface area contributed by atoms with Gasteiger partial charge in [-0.25, -0.2) is 0 Å². The summed E-state index contributed by atoms with van der Waals surface area (Å²) in [5.41, 5.74) is 4.11. The minimum absolute atomic E-state index is 0.0176. The van der Waals surface area contributed by atoms with E-state index < -0.39 is 24.4 Å². The summed E-state index contributed by atoms with van der Waals surface area (Å²) in [6.45, 7) is 1.66. The number of hydrogen-bond donors (Lipinski definition) is 0. The molecule has 1 heterocycles. The van der Waals surface area contributed by atoms with Crippen molar-refractivity contribution in [2.75, 3.05) is 6.61 Å². The second-order valence-corrected chi connectivity index (χ2v) is 11.0. The van der Waals surface area contributed by atoms with Gasteiger partial charge in [0.25, 0.3) is 0 Å². The summed E-state index contributed by atoms with van der Waals surface area (Å²) in [5, 5.41) is 0. The Balaban J connectivity index is 1.42. The first-order valence-electron chi connectivity index (χ1n) is 14.0. The summed E-state index contributed by atoms with van der Waals surface area (Å²) < 4.78 is 32.2. The average Bonchev–Trinajstić information content (AvgIpc) is 3.04. The normalized spacial score (nSPS) is 20.2. The molecule has 1 aliphatic heterocycles. The highest BCUT2D eigenvalue weighted by atomic mass is 35.5. The van der Waals surface area contributed by atoms with Crippen LogP contribution in [0, 0.1) is 0 Å². The standard InChI is InChI=1S/C35H34Cl2O5/c36-35(37)34-33(41-24-29-19-11-4-12-20-29)32(40-23-28-17-9-3-10-18-28)31(39-22-27-15-7-2-8-16-27)30(42-34)25-38-21-26-13-5-1-6-14-26/h1-20,30-33H,21-25H2/t30-,31-,32+,33-/m1/s1. The van der Waals surface area contributed by atoms with Crippen molar-refractivity contribution in [3.8, 4) is 0 Å². The maximum atomic E-state index is 6.61. The highest BCUT2D eigenvalue weighted by molar-refractivity contribution is 6.56. The van der Waals surface area contributed by atoms with Crippen LogP contribution < -0.4 is 0 Å². The fourth-order valence-electron chi connectivity index (χ4n) is 4.83. The van der Waals surface area contributed by atoms with Crippen molar-refractivity contribution in [3.05, 3.63) is 154 Å². The first kappa shape index (κ1) is 30.3. The minimum atomic E-state index is -0.718. The summed E-state index contributed by atoms with van der Waals surface area (Å²) >= 11 is 12.9. The van der Waals surface area contributed by atoms with Crippen LogP contribution >= 0.6 is 23.2 Å². The van der Waals surface area contributed by atoms with Crippen molar-refractivity contribution in [2.45, 2.75) is 50.8 Å². The van der Waals surface area contributed by atoms with Gasteiger partial charge < -0.3 is 23.7 Å². The third-order valence-corrected chi connectivity index (χ3v) is 7.32. The van der Waals surface area contributed by atoms with Crippen LogP contribution in [-0.2, 0) is 50.1 Å². The molecule has 218 valence electrons. The second kappa shape index (κ2) is 15.9. The number of halogens is 2. The van der Waals surface area contributed by atoms with Gasteiger partial charge in [-0.1, -0.05) is 145 Å². The van der Waals surface area contributed by atoms with Gasteiger partial charge in [-0.3, -0.25) is 0 Å². The molecule has 0 aliphatic carbocycles. The van der Waals surface area contributed by atoms with Gasteiger partial charge in [0.1, 0.15) is 22.8 Å². The highest BCUT2D eigenvalue weighted by Crippen LogP contribution is 2.36. The molecule has 7 heteroatoms. The lowest BCUT2D eigenvalue weighted by Gasteiger charge is -2.43. The highest BCUT2D eigenvalue weighted by Gasteiger charge is 2.47. The summed E-state index contributed by atoms with van der Waals surface area (Å²) in [6, 6.07) is 39.9. The van der Waals surface area contributed by atoms with Crippen molar-refractivity contribution in [2.24, 2.45) is 0 Å². The predicted molar refractivity (Wildman–Crippen MR) is 165 cm³/mol. The third kappa shape index (κ3) is 8.68. The summed E-state index contributed by atoms with van der Waals surface area (Å²) in [6.07, 6.45) is -2.43. The summed E-state index contributed by atoms with van der Waals surface area (Å²) in [5.74, 6) is 0.306. The Morgan fingerprint density at radius 3 is 1.38 bits per heavy atom. The Labute approximate surface area is 257 Å². The quantitative estimate of drug-likeness (QED) is 0.155. The van der Waals surface area contributed by atoms with E-state index in [4.69, 9.17) is 46.9 Å². The zero-order valence-electron chi connectivity index (χ0n) is 23.2. The molecule has 5 nitrogen and oxygen atoms in total. The van der Waals surface area contributed by atoms with E-state index in [1.54, 1.807) is 0 Å². The molecule has 0 saturated carbocycles. The third-order valence-electron chi connectivity index (χ3n) is 6.95. The van der Waals surface area contributed by atoms with E-state index in [1.165, 1.54) is 0 Å². The molecule has 0 aromatic heterocycles. The Bertz CT molecular complexity index is 1370. The van der Waals surface area contributed by atoms with Crippen LogP contribution in [0.15, 0.2) is 132 Å². The van der Waals surface area contributed by atoms with Gasteiger partial charge in [-0.2, -0.15) is 0 Å². The van der Waals surface area contributed by atoms with Crippen LogP contribution in [0.2, 0.25) is 0 Å². The van der Waals surface area contributed by atoms with Crippen molar-refractivity contribution >= 4 is 23.2 Å². The molecule has 4 aromatic rings. The molecule has 42 heavy (non-hydrogen) atoms. The van der Waals surface area contributed by atoms with Crippen LogP contribution in [0.4, 0.5) is 0 Å². The molecule has 0 spiro atoms. The lowest BCUT2D eigenvalue weighted by molar-refractivity contribution is -0.223. The Morgan fingerprint density at radius 1 is 0.524 bits per heavy atom. The average molecular weight is 606 g/mol. The van der Waals surface area contributed by atoms with Crippen molar-refractivity contribution in [1.82, 2.24) is 0 Å². The van der Waals surface area contributed by atoms with Crippen molar-refractivity contribution in [3.63, 3.8) is 0 Å². The largest absolute Gasteiger partial charge is 0.484 e. The van der Waals surface area contributed by atoms with E-state index in [1.807, 2.05) is 121 Å². The molecule has 0 radical (unpaired) electrons.